The summed E-state index contributed by atoms with van der Waals surface area (Å²) in [6, 6.07) is 3.39. The van der Waals surface area contributed by atoms with Crippen molar-refractivity contribution in [3.8, 4) is 5.75 Å². The maximum absolute atomic E-state index is 11.3. The Hall–Kier alpha value is -2.30. The third kappa shape index (κ3) is 1.43. The predicted octanol–water partition coefficient (Wildman–Crippen LogP) is 1.20. The number of hydrogen-bond donors (Lipinski definition) is 2. The normalized spacial score (nSPS) is 10.4. The molecule has 1 heterocycles. The van der Waals surface area contributed by atoms with E-state index in [1.54, 1.807) is 0 Å². The first-order chi connectivity index (χ1) is 7.09. The summed E-state index contributed by atoms with van der Waals surface area (Å²) < 4.78 is 4.96. The average molecular weight is 206 g/mol. The zero-order valence-corrected chi connectivity index (χ0v) is 7.43. The minimum atomic E-state index is -1.29. The second kappa shape index (κ2) is 3.13. The number of hydrogen-bond acceptors (Lipinski definition) is 4. The van der Waals surface area contributed by atoms with Gasteiger partial charge in [0.05, 0.1) is 11.6 Å². The van der Waals surface area contributed by atoms with Crippen LogP contribution in [0.15, 0.2) is 33.7 Å². The molecule has 1 aromatic heterocycles. The van der Waals surface area contributed by atoms with Gasteiger partial charge >= 0.3 is 5.97 Å². The molecule has 0 aliphatic rings. The molecule has 5 nitrogen and oxygen atoms in total. The molecule has 15 heavy (non-hydrogen) atoms. The first-order valence-electron chi connectivity index (χ1n) is 4.07. The van der Waals surface area contributed by atoms with Crippen LogP contribution in [0.4, 0.5) is 0 Å². The van der Waals surface area contributed by atoms with Crippen molar-refractivity contribution >= 4 is 16.9 Å². The highest BCUT2D eigenvalue weighted by Crippen LogP contribution is 2.22. The van der Waals surface area contributed by atoms with Crippen LogP contribution in [0.5, 0.6) is 5.75 Å². The number of carboxylic acids is 1. The van der Waals surface area contributed by atoms with Crippen molar-refractivity contribution in [1.82, 2.24) is 0 Å². The molecule has 2 aromatic rings. The Labute approximate surface area is 83.2 Å². The van der Waals surface area contributed by atoms with Gasteiger partial charge in [-0.1, -0.05) is 0 Å². The lowest BCUT2D eigenvalue weighted by molar-refractivity contribution is 0.0694. The summed E-state index contributed by atoms with van der Waals surface area (Å²) >= 11 is 0. The van der Waals surface area contributed by atoms with Gasteiger partial charge < -0.3 is 14.6 Å². The van der Waals surface area contributed by atoms with E-state index in [0.29, 0.717) is 0 Å². The molecule has 2 N–H and O–H groups in total. The van der Waals surface area contributed by atoms with Crippen LogP contribution in [-0.4, -0.2) is 16.2 Å². The van der Waals surface area contributed by atoms with Crippen LogP contribution in [0.25, 0.3) is 11.0 Å². The first kappa shape index (κ1) is 9.26. The molecule has 0 aliphatic carbocycles. The van der Waals surface area contributed by atoms with E-state index in [4.69, 9.17) is 9.52 Å². The highest BCUT2D eigenvalue weighted by atomic mass is 16.4. The number of aromatic hydroxyl groups is 1. The number of fused-ring (bicyclic) bond motifs is 1. The predicted molar refractivity (Wildman–Crippen MR) is 51.1 cm³/mol. The number of benzene rings is 1. The Bertz CT molecular complexity index is 596. The fourth-order valence-corrected chi connectivity index (χ4v) is 1.29. The van der Waals surface area contributed by atoms with Gasteiger partial charge in [-0.3, -0.25) is 4.79 Å². The van der Waals surface area contributed by atoms with Crippen molar-refractivity contribution in [1.29, 1.82) is 0 Å². The largest absolute Gasteiger partial charge is 0.507 e. The summed E-state index contributed by atoms with van der Waals surface area (Å²) in [4.78, 5) is 22.0. The molecule has 0 spiro atoms. The number of aromatic carboxylic acids is 1. The molecule has 2 rings (SSSR count). The van der Waals surface area contributed by atoms with Gasteiger partial charge in [0.25, 0.3) is 0 Å². The Morgan fingerprint density at radius 3 is 2.73 bits per heavy atom. The lowest BCUT2D eigenvalue weighted by Gasteiger charge is -2.00. The molecule has 0 amide bonds. The van der Waals surface area contributed by atoms with Crippen LogP contribution in [0.3, 0.4) is 0 Å². The van der Waals surface area contributed by atoms with Crippen molar-refractivity contribution < 1.29 is 19.4 Å². The van der Waals surface area contributed by atoms with Gasteiger partial charge in [-0.25, -0.2) is 4.79 Å². The highest BCUT2D eigenvalue weighted by Gasteiger charge is 2.12. The monoisotopic (exact) mass is 206 g/mol. The summed E-state index contributed by atoms with van der Waals surface area (Å²) in [6.45, 7) is 0. The lowest BCUT2D eigenvalue weighted by Crippen LogP contribution is -2.02. The molecular formula is C10H6O5. The fourth-order valence-electron chi connectivity index (χ4n) is 1.29. The zero-order valence-electron chi connectivity index (χ0n) is 7.43. The molecule has 0 aliphatic heterocycles. The van der Waals surface area contributed by atoms with E-state index in [0.717, 1.165) is 12.1 Å². The molecule has 76 valence electrons. The SMILES string of the molecule is O=C(O)c1cc2c(=O)ccoc2cc1O. The van der Waals surface area contributed by atoms with Crippen molar-refractivity contribution in [2.75, 3.05) is 0 Å². The zero-order chi connectivity index (χ0) is 11.0. The first-order valence-corrected chi connectivity index (χ1v) is 4.07. The molecule has 1 aromatic carbocycles. The van der Waals surface area contributed by atoms with Crippen LogP contribution in [0.1, 0.15) is 10.4 Å². The second-order valence-corrected chi connectivity index (χ2v) is 2.96. The second-order valence-electron chi connectivity index (χ2n) is 2.96. The number of rotatable bonds is 1. The number of phenols is 1. The van der Waals surface area contributed by atoms with E-state index in [-0.39, 0.29) is 22.0 Å². The van der Waals surface area contributed by atoms with E-state index < -0.39 is 11.7 Å². The summed E-state index contributed by atoms with van der Waals surface area (Å²) in [5.41, 5.74) is -0.509. The minimum Gasteiger partial charge on any atom is -0.507 e. The van der Waals surface area contributed by atoms with Crippen LogP contribution < -0.4 is 5.43 Å². The molecule has 0 atom stereocenters. The lowest BCUT2D eigenvalue weighted by atomic mass is 10.1. The molecule has 0 saturated heterocycles. The quantitative estimate of drug-likeness (QED) is 0.731. The van der Waals surface area contributed by atoms with Gasteiger partial charge in [0.15, 0.2) is 5.43 Å². The number of carboxylic acid groups (broad SMARTS) is 1. The third-order valence-electron chi connectivity index (χ3n) is 2.01. The van der Waals surface area contributed by atoms with Gasteiger partial charge in [0.1, 0.15) is 16.9 Å². The Morgan fingerprint density at radius 2 is 2.07 bits per heavy atom. The van der Waals surface area contributed by atoms with Crippen molar-refractivity contribution in [2.24, 2.45) is 0 Å². The van der Waals surface area contributed by atoms with Crippen LogP contribution in [0.2, 0.25) is 0 Å². The van der Waals surface area contributed by atoms with Crippen molar-refractivity contribution in [2.45, 2.75) is 0 Å². The third-order valence-corrected chi connectivity index (χ3v) is 2.01. The van der Waals surface area contributed by atoms with Gasteiger partial charge in [0, 0.05) is 12.1 Å². The topological polar surface area (TPSA) is 87.7 Å². The molecule has 5 heteroatoms. The van der Waals surface area contributed by atoms with E-state index >= 15 is 0 Å². The van der Waals surface area contributed by atoms with Crippen molar-refractivity contribution in [3.63, 3.8) is 0 Å². The van der Waals surface area contributed by atoms with Crippen LogP contribution in [0, 0.1) is 0 Å². The highest BCUT2D eigenvalue weighted by molar-refractivity contribution is 5.95. The Kier molecular flexibility index (Phi) is 1.93. The maximum atomic E-state index is 11.3. The Morgan fingerprint density at radius 1 is 1.33 bits per heavy atom. The van der Waals surface area contributed by atoms with Gasteiger partial charge in [-0.15, -0.1) is 0 Å². The molecular weight excluding hydrogens is 200 g/mol. The van der Waals surface area contributed by atoms with Crippen molar-refractivity contribution in [3.05, 3.63) is 40.2 Å². The summed E-state index contributed by atoms with van der Waals surface area (Å²) in [6.07, 6.45) is 1.19. The van der Waals surface area contributed by atoms with E-state index in [2.05, 4.69) is 0 Å². The van der Waals surface area contributed by atoms with E-state index in [9.17, 15) is 14.7 Å². The average Bonchev–Trinajstić information content (AvgIpc) is 2.16. The molecule has 0 fully saturated rings. The molecule has 0 bridgehead atoms. The van der Waals surface area contributed by atoms with Gasteiger partial charge in [-0.2, -0.15) is 0 Å². The molecule has 0 saturated carbocycles. The fraction of sp³-hybridized carbons (Fsp3) is 0. The summed E-state index contributed by atoms with van der Waals surface area (Å²) in [5, 5.41) is 18.2. The van der Waals surface area contributed by atoms with Gasteiger partial charge in [-0.05, 0) is 6.07 Å². The molecule has 0 radical (unpaired) electrons. The maximum Gasteiger partial charge on any atom is 0.339 e. The Balaban J connectivity index is 2.90. The van der Waals surface area contributed by atoms with E-state index in [1.807, 2.05) is 0 Å². The molecule has 0 unspecified atom stereocenters. The number of carbonyl (C=O) groups is 1. The summed E-state index contributed by atoms with van der Waals surface area (Å²) in [7, 11) is 0. The van der Waals surface area contributed by atoms with E-state index in [1.165, 1.54) is 12.3 Å². The van der Waals surface area contributed by atoms with Crippen LogP contribution in [-0.2, 0) is 0 Å². The summed E-state index contributed by atoms with van der Waals surface area (Å²) in [5.74, 6) is -1.72. The standard InChI is InChI=1S/C10H6O5/c11-7-1-2-15-9-4-8(12)6(10(13)14)3-5(7)9/h1-4,12H,(H,13,14). The van der Waals surface area contributed by atoms with Crippen LogP contribution >= 0.6 is 0 Å². The minimum absolute atomic E-state index is 0.132. The van der Waals surface area contributed by atoms with Gasteiger partial charge in [0.2, 0.25) is 0 Å². The smallest absolute Gasteiger partial charge is 0.339 e.